The summed E-state index contributed by atoms with van der Waals surface area (Å²) in [6, 6.07) is 0. The van der Waals surface area contributed by atoms with Gasteiger partial charge < -0.3 is 18.5 Å². The van der Waals surface area contributed by atoms with Gasteiger partial charge in [0.1, 0.15) is 0 Å². The molecule has 0 rings (SSSR count). The standard InChI is InChI=1S/2Al.Ga.3N/q3*+3;3*-3. The maximum atomic E-state index is 0. The van der Waals surface area contributed by atoms with Crippen LogP contribution in [0, 0.1) is 0 Å². The van der Waals surface area contributed by atoms with E-state index in [0.29, 0.717) is 0 Å². The minimum absolute atomic E-state index is 0. The van der Waals surface area contributed by atoms with Gasteiger partial charge in [0.25, 0.3) is 0 Å². The zero-order valence-electron chi connectivity index (χ0n) is 3.07. The first kappa shape index (κ1) is 131. The third kappa shape index (κ3) is 46.8. The number of hydrogen-bond donors (Lipinski definition) is 0. The van der Waals surface area contributed by atoms with E-state index < -0.39 is 0 Å². The molecule has 6 heteroatoms. The summed E-state index contributed by atoms with van der Waals surface area (Å²) < 4.78 is 0. The Kier molecular flexibility index (Phi) is 1790. The molecule has 0 saturated heterocycles. The van der Waals surface area contributed by atoms with E-state index in [9.17, 15) is 0 Å². The Morgan fingerprint density at radius 1 is 0.500 bits per heavy atom. The van der Waals surface area contributed by atoms with Gasteiger partial charge in [-0.3, -0.25) is 0 Å². The molecular weight excluding hydrogens is 166 g/mol. The second-order valence-electron chi connectivity index (χ2n) is 0. The first-order chi connectivity index (χ1) is 0. The van der Waals surface area contributed by atoms with E-state index in [1.54, 1.807) is 0 Å². The Labute approximate surface area is 72.7 Å². The average Bonchev–Trinajstić information content (AvgIpc) is 0. The average molecular weight is 166 g/mol. The van der Waals surface area contributed by atoms with Crippen LogP contribution in [0.3, 0.4) is 0 Å². The SMILES string of the molecule is [Al+3].[Al+3].[Ga+3].[N-3].[N-3].[N-3]. The van der Waals surface area contributed by atoms with Crippen LogP contribution in [-0.2, 0) is 0 Å². The molecule has 0 atom stereocenters. The van der Waals surface area contributed by atoms with Gasteiger partial charge in [-0.1, -0.05) is 0 Å². The van der Waals surface area contributed by atoms with Gasteiger partial charge >= 0.3 is 54.5 Å². The van der Waals surface area contributed by atoms with Crippen molar-refractivity contribution >= 4 is 54.5 Å². The van der Waals surface area contributed by atoms with Gasteiger partial charge in [0.2, 0.25) is 0 Å². The van der Waals surface area contributed by atoms with E-state index in [1.807, 2.05) is 0 Å². The Balaban J connectivity index is 0. The van der Waals surface area contributed by atoms with Crippen LogP contribution in [0.15, 0.2) is 0 Å². The summed E-state index contributed by atoms with van der Waals surface area (Å²) in [6.07, 6.45) is 0. The molecule has 6 heavy (non-hydrogen) atoms. The summed E-state index contributed by atoms with van der Waals surface area (Å²) in [7, 11) is 0. The predicted molar refractivity (Wildman–Crippen MR) is 27.3 cm³/mol. The molecule has 3 nitrogen and oxygen atoms in total. The molecule has 0 aromatic carbocycles. The summed E-state index contributed by atoms with van der Waals surface area (Å²) in [5.41, 5.74) is 0. The van der Waals surface area contributed by atoms with E-state index in [1.165, 1.54) is 0 Å². The summed E-state index contributed by atoms with van der Waals surface area (Å²) in [5, 5.41) is 0. The van der Waals surface area contributed by atoms with E-state index in [2.05, 4.69) is 0 Å². The summed E-state index contributed by atoms with van der Waals surface area (Å²) in [6.45, 7) is 0. The molecule has 0 heterocycles. The van der Waals surface area contributed by atoms with E-state index in [-0.39, 0.29) is 73.0 Å². The van der Waals surface area contributed by atoms with Crippen LogP contribution in [0.2, 0.25) is 0 Å². The number of nitrogens with zero attached hydrogens (tertiary/aromatic N) is 3. The Bertz CT molecular complexity index is 8.75. The normalized spacial score (nSPS) is 0. The minimum Gasteiger partial charge on any atom is -3.00 e. The molecule has 0 aromatic heterocycles. The maximum Gasteiger partial charge on any atom is 3.00 e. The van der Waals surface area contributed by atoms with Crippen molar-refractivity contribution in [2.24, 2.45) is 0 Å². The molecule has 0 N–H and O–H groups in total. The molecule has 0 aliphatic carbocycles. The van der Waals surface area contributed by atoms with Gasteiger partial charge in [0, 0.05) is 0 Å². The molecular formula is Al2GaN3. The van der Waals surface area contributed by atoms with Gasteiger partial charge in [0.15, 0.2) is 0 Å². The van der Waals surface area contributed by atoms with Crippen LogP contribution >= 0.6 is 0 Å². The van der Waals surface area contributed by atoms with E-state index >= 15 is 0 Å². The quantitative estimate of drug-likeness (QED) is 0.442. The van der Waals surface area contributed by atoms with Gasteiger partial charge in [-0.2, -0.15) is 0 Å². The van der Waals surface area contributed by atoms with Gasteiger partial charge in [0.05, 0.1) is 0 Å². The van der Waals surface area contributed by atoms with Crippen molar-refractivity contribution < 1.29 is 0 Å². The van der Waals surface area contributed by atoms with Crippen molar-refractivity contribution in [2.75, 3.05) is 0 Å². The minimum atomic E-state index is 0. The third-order valence-electron chi connectivity index (χ3n) is 0. The van der Waals surface area contributed by atoms with Gasteiger partial charge in [-0.05, 0) is 0 Å². The molecule has 0 spiro atoms. The predicted octanol–water partition coefficient (Wildman–Crippen LogP) is -0.276. The van der Waals surface area contributed by atoms with Crippen molar-refractivity contribution in [3.63, 3.8) is 0 Å². The van der Waals surface area contributed by atoms with Crippen LogP contribution in [0.25, 0.3) is 18.5 Å². The van der Waals surface area contributed by atoms with Crippen LogP contribution in [0.4, 0.5) is 0 Å². The molecule has 0 radical (unpaired) electrons. The number of rotatable bonds is 0. The fourth-order valence-corrected chi connectivity index (χ4v) is 0. The van der Waals surface area contributed by atoms with E-state index in [0.717, 1.165) is 0 Å². The molecule has 0 fully saturated rings. The van der Waals surface area contributed by atoms with Crippen molar-refractivity contribution in [3.8, 4) is 0 Å². The third-order valence-corrected chi connectivity index (χ3v) is 0. The Morgan fingerprint density at radius 2 is 0.500 bits per heavy atom. The monoisotopic (exact) mass is 165 g/mol. The Morgan fingerprint density at radius 3 is 0.500 bits per heavy atom. The first-order valence-corrected chi connectivity index (χ1v) is 0. The topological polar surface area (TPSA) is 91.5 Å². The molecule has 0 bridgehead atoms. The Hall–Kier alpha value is 1.58. The van der Waals surface area contributed by atoms with Crippen LogP contribution in [0.5, 0.6) is 0 Å². The molecule has 0 aromatic rings. The van der Waals surface area contributed by atoms with Crippen molar-refractivity contribution in [1.29, 1.82) is 0 Å². The fraction of sp³-hybridized carbons (Fsp3) is 0. The zero-order chi connectivity index (χ0) is 0. The van der Waals surface area contributed by atoms with Gasteiger partial charge in [-0.15, -0.1) is 0 Å². The van der Waals surface area contributed by atoms with Gasteiger partial charge in [-0.25, -0.2) is 0 Å². The smallest absolute Gasteiger partial charge is 3.00 e. The van der Waals surface area contributed by atoms with E-state index in [4.69, 9.17) is 0 Å². The van der Waals surface area contributed by atoms with Crippen molar-refractivity contribution in [2.45, 2.75) is 0 Å². The summed E-state index contributed by atoms with van der Waals surface area (Å²) in [4.78, 5) is 0. The summed E-state index contributed by atoms with van der Waals surface area (Å²) >= 11 is 0. The summed E-state index contributed by atoms with van der Waals surface area (Å²) in [5.74, 6) is 0. The van der Waals surface area contributed by atoms with Crippen LogP contribution in [0.1, 0.15) is 0 Å². The largest absolute Gasteiger partial charge is 3.00 e. The van der Waals surface area contributed by atoms with Crippen molar-refractivity contribution in [1.82, 2.24) is 0 Å². The van der Waals surface area contributed by atoms with Crippen molar-refractivity contribution in [3.05, 3.63) is 18.5 Å². The molecule has 0 amide bonds. The first-order valence-electron chi connectivity index (χ1n) is 0. The maximum absolute atomic E-state index is 0. The molecule has 0 aliphatic heterocycles. The number of hydrogen-bond acceptors (Lipinski definition) is 0. The zero-order valence-corrected chi connectivity index (χ0v) is 7.81. The molecule has 0 aliphatic rings. The fourth-order valence-electron chi connectivity index (χ4n) is 0. The van der Waals surface area contributed by atoms with Crippen LogP contribution in [-0.4, -0.2) is 54.5 Å². The second-order valence-corrected chi connectivity index (χ2v) is 0. The van der Waals surface area contributed by atoms with Crippen LogP contribution < -0.4 is 0 Å². The molecule has 0 saturated carbocycles. The molecule has 0 unspecified atom stereocenters. The second kappa shape index (κ2) is 82.0. The molecule has 24 valence electrons.